The van der Waals surface area contributed by atoms with Crippen LogP contribution in [0.5, 0.6) is 0 Å². The highest BCUT2D eigenvalue weighted by molar-refractivity contribution is 6.02. The lowest BCUT2D eigenvalue weighted by Crippen LogP contribution is -2.45. The summed E-state index contributed by atoms with van der Waals surface area (Å²) in [5.74, 6) is -1.61. The van der Waals surface area contributed by atoms with Crippen molar-refractivity contribution >= 4 is 17.4 Å². The quantitative estimate of drug-likeness (QED) is 0.870. The van der Waals surface area contributed by atoms with Crippen LogP contribution < -0.4 is 11.1 Å². The summed E-state index contributed by atoms with van der Waals surface area (Å²) in [6.45, 7) is 1.11. The molecule has 3 N–H and O–H groups in total. The smallest absolute Gasteiger partial charge is 0.291 e. The van der Waals surface area contributed by atoms with Gasteiger partial charge < -0.3 is 20.2 Å². The second kappa shape index (κ2) is 6.83. The van der Waals surface area contributed by atoms with Crippen LogP contribution in [0.25, 0.3) is 0 Å². The lowest BCUT2D eigenvalue weighted by atomic mass is 9.90. The van der Waals surface area contributed by atoms with Crippen molar-refractivity contribution < 1.29 is 27.1 Å². The molecular formula is C17H16F3N3O3. The van der Waals surface area contributed by atoms with Crippen LogP contribution in [0, 0.1) is 12.7 Å². The summed E-state index contributed by atoms with van der Waals surface area (Å²) in [6, 6.07) is 4.84. The first-order valence-corrected chi connectivity index (χ1v) is 7.68. The Hall–Kier alpha value is -2.81. The molecule has 0 unspecified atom stereocenters. The summed E-state index contributed by atoms with van der Waals surface area (Å²) in [5, 5.41) is 2.48. The second-order valence-electron chi connectivity index (χ2n) is 5.96. The molecule has 1 aromatic heterocycles. The molecule has 26 heavy (non-hydrogen) atoms. The highest BCUT2D eigenvalue weighted by Gasteiger charge is 2.46. The van der Waals surface area contributed by atoms with Gasteiger partial charge in [-0.15, -0.1) is 0 Å². The number of aryl methyl sites for hydroxylation is 1. The van der Waals surface area contributed by atoms with Crippen molar-refractivity contribution in [3.63, 3.8) is 0 Å². The zero-order chi connectivity index (χ0) is 18.9. The molecule has 0 fully saturated rings. The maximum atomic E-state index is 14.3. The molecule has 2 aromatic rings. The van der Waals surface area contributed by atoms with Gasteiger partial charge in [-0.2, -0.15) is 0 Å². The third-order valence-electron chi connectivity index (χ3n) is 3.92. The molecule has 0 radical (unpaired) electrons. The molecule has 0 spiro atoms. The minimum Gasteiger partial charge on any atom is -0.459 e. The number of hydrogen-bond donors (Lipinski definition) is 2. The molecule has 1 aliphatic heterocycles. The number of rotatable bonds is 4. The van der Waals surface area contributed by atoms with E-state index in [0.717, 1.165) is 17.7 Å². The monoisotopic (exact) mass is 367 g/mol. The van der Waals surface area contributed by atoms with Gasteiger partial charge in [-0.05, 0) is 36.8 Å². The molecule has 1 aromatic carbocycles. The number of nitrogens with zero attached hydrogens (tertiary/aromatic N) is 1. The minimum absolute atomic E-state index is 0.0419. The molecule has 0 bridgehead atoms. The Labute approximate surface area is 146 Å². The first-order chi connectivity index (χ1) is 12.3. The van der Waals surface area contributed by atoms with Gasteiger partial charge in [-0.25, -0.2) is 13.2 Å². The highest BCUT2D eigenvalue weighted by Crippen LogP contribution is 2.38. The molecule has 0 aliphatic carbocycles. The van der Waals surface area contributed by atoms with E-state index >= 15 is 0 Å². The largest absolute Gasteiger partial charge is 0.459 e. The summed E-state index contributed by atoms with van der Waals surface area (Å²) in [5.41, 5.74) is 3.69. The van der Waals surface area contributed by atoms with Gasteiger partial charge in [-0.3, -0.25) is 9.79 Å². The Kier molecular flexibility index (Phi) is 4.73. The average Bonchev–Trinajstić information content (AvgIpc) is 3.03. The predicted octanol–water partition coefficient (Wildman–Crippen LogP) is 2.83. The van der Waals surface area contributed by atoms with Crippen LogP contribution in [0.1, 0.15) is 21.7 Å². The molecule has 9 heteroatoms. The molecular weight excluding hydrogens is 351 g/mol. The molecule has 1 atom stereocenters. The van der Waals surface area contributed by atoms with Crippen molar-refractivity contribution in [3.05, 3.63) is 53.2 Å². The van der Waals surface area contributed by atoms with E-state index in [2.05, 4.69) is 10.3 Å². The van der Waals surface area contributed by atoms with E-state index in [1.807, 2.05) is 0 Å². The van der Waals surface area contributed by atoms with Gasteiger partial charge in [-0.1, -0.05) is 0 Å². The number of anilines is 1. The van der Waals surface area contributed by atoms with E-state index in [0.29, 0.717) is 0 Å². The molecule has 6 nitrogen and oxygen atoms in total. The first kappa shape index (κ1) is 18.0. The Bertz CT molecular complexity index is 866. The van der Waals surface area contributed by atoms with E-state index in [1.165, 1.54) is 18.4 Å². The Morgan fingerprint density at radius 2 is 2.15 bits per heavy atom. The molecule has 2 heterocycles. The molecule has 0 saturated heterocycles. The molecule has 0 saturated carbocycles. The van der Waals surface area contributed by atoms with E-state index in [4.69, 9.17) is 14.9 Å². The van der Waals surface area contributed by atoms with Gasteiger partial charge in [0.15, 0.2) is 11.3 Å². The van der Waals surface area contributed by atoms with Crippen LogP contribution in [-0.2, 0) is 10.3 Å². The summed E-state index contributed by atoms with van der Waals surface area (Å²) in [7, 11) is 0. The summed E-state index contributed by atoms with van der Waals surface area (Å²) >= 11 is 0. The van der Waals surface area contributed by atoms with Crippen molar-refractivity contribution in [2.24, 2.45) is 10.7 Å². The number of amidine groups is 1. The minimum atomic E-state index is -3.06. The zero-order valence-corrected chi connectivity index (χ0v) is 13.8. The number of alkyl halides is 2. The maximum Gasteiger partial charge on any atom is 0.291 e. The van der Waals surface area contributed by atoms with Gasteiger partial charge in [0, 0.05) is 11.3 Å². The predicted molar refractivity (Wildman–Crippen MR) is 87.9 cm³/mol. The van der Waals surface area contributed by atoms with E-state index in [1.54, 1.807) is 6.92 Å². The van der Waals surface area contributed by atoms with Crippen molar-refractivity contribution in [1.82, 2.24) is 0 Å². The van der Waals surface area contributed by atoms with Crippen LogP contribution in [0.2, 0.25) is 0 Å². The number of hydrogen-bond acceptors (Lipinski definition) is 5. The zero-order valence-electron chi connectivity index (χ0n) is 13.8. The van der Waals surface area contributed by atoms with Crippen LogP contribution >= 0.6 is 0 Å². The summed E-state index contributed by atoms with van der Waals surface area (Å²) < 4.78 is 52.0. The fraction of sp³-hybridized carbons (Fsp3) is 0.294. The number of nitrogens with two attached hydrogens (primary N) is 1. The van der Waals surface area contributed by atoms with Crippen LogP contribution in [0.15, 0.2) is 39.9 Å². The number of aliphatic imine (C=N–C) groups is 1. The number of carbonyl (C=O) groups excluding carboxylic acids is 1. The molecule has 3 rings (SSSR count). The van der Waals surface area contributed by atoms with Gasteiger partial charge in [0.2, 0.25) is 0 Å². The van der Waals surface area contributed by atoms with Gasteiger partial charge in [0.05, 0.1) is 12.9 Å². The fourth-order valence-corrected chi connectivity index (χ4v) is 2.68. The van der Waals surface area contributed by atoms with E-state index in [-0.39, 0.29) is 23.9 Å². The fourth-order valence-electron chi connectivity index (χ4n) is 2.68. The lowest BCUT2D eigenvalue weighted by molar-refractivity contribution is -0.0145. The van der Waals surface area contributed by atoms with Crippen LogP contribution in [0.4, 0.5) is 18.9 Å². The number of carbonyl (C=O) groups is 1. The maximum absolute atomic E-state index is 14.3. The molecule has 1 aliphatic rings. The van der Waals surface area contributed by atoms with Crippen molar-refractivity contribution in [2.45, 2.75) is 18.9 Å². The second-order valence-corrected chi connectivity index (χ2v) is 5.96. The standard InChI is InChI=1S/C17H16F3N3O3/c1-9-4-13(26-6-9)15(24)22-10-2-3-12(18)11(5-10)17(16(19)20)8-25-7-14(21)23-17/h2-6,16H,7-8H2,1H3,(H2,21,23)(H,22,24)/t17-/m0/s1. The number of benzene rings is 1. The third-order valence-corrected chi connectivity index (χ3v) is 3.92. The van der Waals surface area contributed by atoms with E-state index in [9.17, 15) is 18.0 Å². The Balaban J connectivity index is 1.97. The van der Waals surface area contributed by atoms with Crippen LogP contribution in [-0.4, -0.2) is 31.4 Å². The Morgan fingerprint density at radius 3 is 2.77 bits per heavy atom. The van der Waals surface area contributed by atoms with Gasteiger partial charge >= 0.3 is 0 Å². The number of amides is 1. The van der Waals surface area contributed by atoms with Crippen molar-refractivity contribution in [3.8, 4) is 0 Å². The van der Waals surface area contributed by atoms with Crippen molar-refractivity contribution in [2.75, 3.05) is 18.5 Å². The number of furan rings is 1. The van der Waals surface area contributed by atoms with Crippen molar-refractivity contribution in [1.29, 1.82) is 0 Å². The molecule has 1 amide bonds. The third kappa shape index (κ3) is 3.30. The summed E-state index contributed by atoms with van der Waals surface area (Å²) in [4.78, 5) is 15.9. The van der Waals surface area contributed by atoms with Crippen LogP contribution in [0.3, 0.4) is 0 Å². The lowest BCUT2D eigenvalue weighted by Gasteiger charge is -2.33. The van der Waals surface area contributed by atoms with E-state index < -0.39 is 35.9 Å². The summed E-state index contributed by atoms with van der Waals surface area (Å²) in [6.07, 6.45) is -1.66. The first-order valence-electron chi connectivity index (χ1n) is 7.68. The number of nitrogens with one attached hydrogen (secondary N) is 1. The van der Waals surface area contributed by atoms with Gasteiger partial charge in [0.25, 0.3) is 12.3 Å². The number of halogens is 3. The SMILES string of the molecule is Cc1coc(C(=O)Nc2ccc(F)c([C@]3(C(F)F)COCC(N)=N3)c2)c1. The van der Waals surface area contributed by atoms with Gasteiger partial charge in [0.1, 0.15) is 18.3 Å². The topological polar surface area (TPSA) is 89.8 Å². The molecule has 138 valence electrons. The highest BCUT2D eigenvalue weighted by atomic mass is 19.3. The Morgan fingerprint density at radius 1 is 1.38 bits per heavy atom. The number of ether oxygens (including phenoxy) is 1. The average molecular weight is 367 g/mol. The normalized spacial score (nSPS) is 20.1.